The van der Waals surface area contributed by atoms with Crippen LogP contribution in [0, 0.1) is 0 Å². The van der Waals surface area contributed by atoms with E-state index in [1.54, 1.807) is 17.5 Å². The number of aliphatic hydroxyl groups excluding tert-OH is 1. The normalized spacial score (nSPS) is 17.0. The summed E-state index contributed by atoms with van der Waals surface area (Å²) in [6.07, 6.45) is 4.60. The summed E-state index contributed by atoms with van der Waals surface area (Å²) >= 11 is 1.59. The highest BCUT2D eigenvalue weighted by atomic mass is 32.1. The molecule has 1 aliphatic carbocycles. The highest BCUT2D eigenvalue weighted by Gasteiger charge is 2.23. The Hall–Kier alpha value is -1.19. The van der Waals surface area contributed by atoms with Crippen molar-refractivity contribution in [1.82, 2.24) is 4.98 Å². The largest absolute Gasteiger partial charge is 0.388 e. The minimum Gasteiger partial charge on any atom is -0.388 e. The van der Waals surface area contributed by atoms with E-state index in [0.29, 0.717) is 6.42 Å². The predicted molar refractivity (Wildman–Crippen MR) is 69.2 cm³/mol. The molecule has 1 aromatic carbocycles. The number of thiazole rings is 1. The molecule has 88 valence electrons. The molecule has 1 aliphatic rings. The van der Waals surface area contributed by atoms with Crippen molar-refractivity contribution in [1.29, 1.82) is 0 Å². The van der Waals surface area contributed by atoms with Gasteiger partial charge in [-0.3, -0.25) is 0 Å². The first-order chi connectivity index (χ1) is 8.33. The molecule has 1 N–H and O–H groups in total. The first kappa shape index (κ1) is 10.9. The van der Waals surface area contributed by atoms with Crippen molar-refractivity contribution in [2.45, 2.75) is 31.3 Å². The van der Waals surface area contributed by atoms with E-state index in [9.17, 15) is 5.11 Å². The standard InChI is InChI=1S/C14H15NOS/c16-13(9-14-15-7-8-17-14)12-5-3-11(4-6-12)10-1-2-10/h3-8,10,13,16H,1-2,9H2. The summed E-state index contributed by atoms with van der Waals surface area (Å²) in [6.45, 7) is 0. The lowest BCUT2D eigenvalue weighted by molar-refractivity contribution is 0.178. The molecule has 0 aliphatic heterocycles. The Morgan fingerprint density at radius 1 is 1.29 bits per heavy atom. The van der Waals surface area contributed by atoms with Gasteiger partial charge in [0.25, 0.3) is 0 Å². The highest BCUT2D eigenvalue weighted by Crippen LogP contribution is 2.40. The molecule has 0 amide bonds. The summed E-state index contributed by atoms with van der Waals surface area (Å²) in [4.78, 5) is 4.20. The number of nitrogens with zero attached hydrogens (tertiary/aromatic N) is 1. The molecule has 1 atom stereocenters. The monoisotopic (exact) mass is 245 g/mol. The van der Waals surface area contributed by atoms with Gasteiger partial charge in [0, 0.05) is 18.0 Å². The van der Waals surface area contributed by atoms with Crippen LogP contribution < -0.4 is 0 Å². The Kier molecular flexibility index (Phi) is 2.95. The highest BCUT2D eigenvalue weighted by molar-refractivity contribution is 7.09. The molecule has 0 saturated heterocycles. The molecule has 3 heteroatoms. The van der Waals surface area contributed by atoms with E-state index in [-0.39, 0.29) is 0 Å². The number of benzene rings is 1. The molecule has 1 unspecified atom stereocenters. The van der Waals surface area contributed by atoms with Crippen LogP contribution in [0.2, 0.25) is 0 Å². The molecule has 1 heterocycles. The summed E-state index contributed by atoms with van der Waals surface area (Å²) < 4.78 is 0. The lowest BCUT2D eigenvalue weighted by atomic mass is 10.0. The van der Waals surface area contributed by atoms with Crippen molar-refractivity contribution < 1.29 is 5.11 Å². The van der Waals surface area contributed by atoms with Crippen molar-refractivity contribution in [3.63, 3.8) is 0 Å². The van der Waals surface area contributed by atoms with E-state index >= 15 is 0 Å². The third kappa shape index (κ3) is 2.56. The number of hydrogen-bond acceptors (Lipinski definition) is 3. The van der Waals surface area contributed by atoms with Gasteiger partial charge >= 0.3 is 0 Å². The number of aromatic nitrogens is 1. The summed E-state index contributed by atoms with van der Waals surface area (Å²) in [5.74, 6) is 0.778. The van der Waals surface area contributed by atoms with E-state index in [2.05, 4.69) is 17.1 Å². The maximum Gasteiger partial charge on any atom is 0.0954 e. The number of rotatable bonds is 4. The average Bonchev–Trinajstić information content (AvgIpc) is 3.09. The molecule has 2 nitrogen and oxygen atoms in total. The van der Waals surface area contributed by atoms with E-state index in [1.807, 2.05) is 17.5 Å². The Balaban J connectivity index is 1.70. The van der Waals surface area contributed by atoms with Gasteiger partial charge in [-0.25, -0.2) is 4.98 Å². The van der Waals surface area contributed by atoms with Gasteiger partial charge < -0.3 is 5.11 Å². The van der Waals surface area contributed by atoms with Gasteiger partial charge in [0.1, 0.15) is 0 Å². The fourth-order valence-corrected chi connectivity index (χ4v) is 2.70. The second kappa shape index (κ2) is 4.59. The Bertz CT molecular complexity index is 473. The molecule has 1 saturated carbocycles. The Labute approximate surface area is 105 Å². The maximum absolute atomic E-state index is 10.1. The van der Waals surface area contributed by atoms with Crippen molar-refractivity contribution in [3.05, 3.63) is 52.0 Å². The molecule has 3 rings (SSSR count). The van der Waals surface area contributed by atoms with Crippen molar-refractivity contribution in [3.8, 4) is 0 Å². The average molecular weight is 245 g/mol. The SMILES string of the molecule is OC(Cc1nccs1)c1ccc(C2CC2)cc1. The van der Waals surface area contributed by atoms with E-state index in [0.717, 1.165) is 16.5 Å². The van der Waals surface area contributed by atoms with Gasteiger partial charge in [0.05, 0.1) is 11.1 Å². The van der Waals surface area contributed by atoms with E-state index < -0.39 is 6.10 Å². The first-order valence-corrected chi connectivity index (χ1v) is 6.87. The molecular weight excluding hydrogens is 230 g/mol. The smallest absolute Gasteiger partial charge is 0.0954 e. The molecule has 0 spiro atoms. The molecular formula is C14H15NOS. The van der Waals surface area contributed by atoms with Crippen LogP contribution in [0.25, 0.3) is 0 Å². The number of hydrogen-bond donors (Lipinski definition) is 1. The summed E-state index contributed by atoms with van der Waals surface area (Å²) in [5.41, 5.74) is 2.40. The topological polar surface area (TPSA) is 33.1 Å². The first-order valence-electron chi connectivity index (χ1n) is 5.99. The van der Waals surface area contributed by atoms with Gasteiger partial charge in [0.15, 0.2) is 0 Å². The second-order valence-electron chi connectivity index (χ2n) is 4.59. The third-order valence-corrected chi connectivity index (χ3v) is 4.02. The van der Waals surface area contributed by atoms with Gasteiger partial charge in [-0.1, -0.05) is 24.3 Å². The van der Waals surface area contributed by atoms with Crippen molar-refractivity contribution >= 4 is 11.3 Å². The number of aliphatic hydroxyl groups is 1. The summed E-state index contributed by atoms with van der Waals surface area (Å²) in [6, 6.07) is 8.40. The lowest BCUT2D eigenvalue weighted by Crippen LogP contribution is -2.01. The van der Waals surface area contributed by atoms with Crippen LogP contribution >= 0.6 is 11.3 Å². The van der Waals surface area contributed by atoms with Crippen LogP contribution in [0.5, 0.6) is 0 Å². The van der Waals surface area contributed by atoms with E-state index in [1.165, 1.54) is 18.4 Å². The summed E-state index contributed by atoms with van der Waals surface area (Å²) in [7, 11) is 0. The second-order valence-corrected chi connectivity index (χ2v) is 5.57. The molecule has 0 radical (unpaired) electrons. The molecule has 0 bridgehead atoms. The fraction of sp³-hybridized carbons (Fsp3) is 0.357. The lowest BCUT2D eigenvalue weighted by Gasteiger charge is -2.09. The van der Waals surface area contributed by atoms with Crippen LogP contribution in [0.15, 0.2) is 35.8 Å². The quantitative estimate of drug-likeness (QED) is 0.896. The summed E-state index contributed by atoms with van der Waals surface area (Å²) in [5, 5.41) is 13.0. The van der Waals surface area contributed by atoms with Crippen molar-refractivity contribution in [2.24, 2.45) is 0 Å². The van der Waals surface area contributed by atoms with Crippen LogP contribution in [0.4, 0.5) is 0 Å². The van der Waals surface area contributed by atoms with Crippen LogP contribution in [-0.2, 0) is 6.42 Å². The molecule has 1 aromatic heterocycles. The van der Waals surface area contributed by atoms with Gasteiger partial charge in [-0.15, -0.1) is 11.3 Å². The van der Waals surface area contributed by atoms with Crippen LogP contribution in [-0.4, -0.2) is 10.1 Å². The molecule has 2 aromatic rings. The molecule has 17 heavy (non-hydrogen) atoms. The van der Waals surface area contributed by atoms with Gasteiger partial charge in [-0.2, -0.15) is 0 Å². The van der Waals surface area contributed by atoms with Crippen molar-refractivity contribution in [2.75, 3.05) is 0 Å². The van der Waals surface area contributed by atoms with Gasteiger partial charge in [-0.05, 0) is 29.9 Å². The zero-order valence-electron chi connectivity index (χ0n) is 9.54. The van der Waals surface area contributed by atoms with Gasteiger partial charge in [0.2, 0.25) is 0 Å². The third-order valence-electron chi connectivity index (χ3n) is 3.22. The minimum absolute atomic E-state index is 0.436. The van der Waals surface area contributed by atoms with Crippen LogP contribution in [0.1, 0.15) is 41.0 Å². The predicted octanol–water partition coefficient (Wildman–Crippen LogP) is 3.30. The fourth-order valence-electron chi connectivity index (χ4n) is 2.04. The van der Waals surface area contributed by atoms with E-state index in [4.69, 9.17) is 0 Å². The maximum atomic E-state index is 10.1. The molecule has 1 fully saturated rings. The zero-order valence-corrected chi connectivity index (χ0v) is 10.4. The minimum atomic E-state index is -0.436. The Morgan fingerprint density at radius 2 is 2.06 bits per heavy atom. The van der Waals surface area contributed by atoms with Crippen LogP contribution in [0.3, 0.4) is 0 Å². The zero-order chi connectivity index (χ0) is 11.7. The Morgan fingerprint density at radius 3 is 2.65 bits per heavy atom.